The second kappa shape index (κ2) is 8.67. The third kappa shape index (κ3) is 6.73. The fourth-order valence-electron chi connectivity index (χ4n) is 1.59. The van der Waals surface area contributed by atoms with Crippen molar-refractivity contribution in [2.75, 3.05) is 24.6 Å². The summed E-state index contributed by atoms with van der Waals surface area (Å²) >= 11 is 0. The summed E-state index contributed by atoms with van der Waals surface area (Å²) in [6.07, 6.45) is 0. The molecule has 122 valence electrons. The summed E-state index contributed by atoms with van der Waals surface area (Å²) in [6, 6.07) is 3.08. The zero-order valence-electron chi connectivity index (χ0n) is 12.7. The Morgan fingerprint density at radius 3 is 2.67 bits per heavy atom. The molecule has 8 heteroatoms. The quantitative estimate of drug-likeness (QED) is 0.667. The molecule has 1 aromatic rings. The van der Waals surface area contributed by atoms with Crippen molar-refractivity contribution in [3.63, 3.8) is 0 Å². The van der Waals surface area contributed by atoms with Crippen molar-refractivity contribution in [1.82, 2.24) is 10.0 Å². The van der Waals surface area contributed by atoms with Gasteiger partial charge in [0.15, 0.2) is 0 Å². The second-order valence-electron chi connectivity index (χ2n) is 5.08. The average molecular weight is 336 g/mol. The Balaban J connectivity index is 2.51. The van der Waals surface area contributed by atoms with Crippen LogP contribution >= 0.6 is 0 Å². The topological polar surface area (TPSA) is 88.4 Å². The molecule has 1 unspecified atom stereocenters. The number of sulfonamides is 1. The van der Waals surface area contributed by atoms with Crippen LogP contribution in [0.3, 0.4) is 0 Å². The Morgan fingerprint density at radius 1 is 1.33 bits per heavy atom. The molecule has 0 fully saturated rings. The molecule has 0 aromatic carbocycles. The van der Waals surface area contributed by atoms with E-state index in [0.717, 1.165) is 6.54 Å². The number of nitrogens with one attached hydrogen (secondary N) is 2. The van der Waals surface area contributed by atoms with Crippen LogP contribution in [0.4, 0.5) is 0 Å². The van der Waals surface area contributed by atoms with Gasteiger partial charge in [-0.3, -0.25) is 4.21 Å². The number of rotatable bonds is 10. The third-order valence-electron chi connectivity index (χ3n) is 2.70. The SMILES string of the molecule is CCS(=O)CCNS(=O)(=O)c1ccc(CNCC(C)C)o1. The van der Waals surface area contributed by atoms with Gasteiger partial charge in [-0.1, -0.05) is 20.8 Å². The molecule has 0 bridgehead atoms. The lowest BCUT2D eigenvalue weighted by Gasteiger charge is -2.05. The van der Waals surface area contributed by atoms with Crippen LogP contribution in [0.1, 0.15) is 26.5 Å². The zero-order valence-corrected chi connectivity index (χ0v) is 14.4. The second-order valence-corrected chi connectivity index (χ2v) is 8.64. The molecule has 0 saturated heterocycles. The maximum atomic E-state index is 12.0. The van der Waals surface area contributed by atoms with Gasteiger partial charge in [-0.25, -0.2) is 13.1 Å². The van der Waals surface area contributed by atoms with Gasteiger partial charge < -0.3 is 9.73 Å². The van der Waals surface area contributed by atoms with E-state index in [-0.39, 0.29) is 11.6 Å². The fourth-order valence-corrected chi connectivity index (χ4v) is 3.31. The van der Waals surface area contributed by atoms with Crippen LogP contribution in [-0.2, 0) is 27.4 Å². The molecule has 0 amide bonds. The molecule has 0 radical (unpaired) electrons. The first-order valence-corrected chi connectivity index (χ1v) is 9.96. The van der Waals surface area contributed by atoms with Crippen molar-refractivity contribution in [1.29, 1.82) is 0 Å². The van der Waals surface area contributed by atoms with E-state index in [9.17, 15) is 12.6 Å². The van der Waals surface area contributed by atoms with E-state index in [4.69, 9.17) is 4.42 Å². The molecule has 1 atom stereocenters. The standard InChI is InChI=1S/C13H24N2O4S2/c1-4-20(16)8-7-15-21(17,18)13-6-5-12(19-13)10-14-9-11(2)3/h5-6,11,14-15H,4,7-10H2,1-3H3. The maximum Gasteiger partial charge on any atom is 0.273 e. The highest BCUT2D eigenvalue weighted by molar-refractivity contribution is 7.89. The van der Waals surface area contributed by atoms with Crippen molar-refractivity contribution in [2.45, 2.75) is 32.4 Å². The molecule has 0 saturated carbocycles. The largest absolute Gasteiger partial charge is 0.447 e. The molecule has 21 heavy (non-hydrogen) atoms. The minimum Gasteiger partial charge on any atom is -0.447 e. The smallest absolute Gasteiger partial charge is 0.273 e. The van der Waals surface area contributed by atoms with Gasteiger partial charge in [0.2, 0.25) is 5.09 Å². The van der Waals surface area contributed by atoms with E-state index in [1.807, 2.05) is 0 Å². The first kappa shape index (κ1) is 18.3. The van der Waals surface area contributed by atoms with Gasteiger partial charge in [0.1, 0.15) is 5.76 Å². The summed E-state index contributed by atoms with van der Waals surface area (Å²) in [4.78, 5) is 0. The van der Waals surface area contributed by atoms with Gasteiger partial charge >= 0.3 is 0 Å². The van der Waals surface area contributed by atoms with Crippen LogP contribution in [0.25, 0.3) is 0 Å². The summed E-state index contributed by atoms with van der Waals surface area (Å²) in [5.74, 6) is 1.92. The van der Waals surface area contributed by atoms with E-state index >= 15 is 0 Å². The summed E-state index contributed by atoms with van der Waals surface area (Å²) in [5, 5.41) is 3.08. The molecule has 1 aromatic heterocycles. The molecule has 0 aliphatic heterocycles. The number of hydrogen-bond acceptors (Lipinski definition) is 5. The van der Waals surface area contributed by atoms with Crippen molar-refractivity contribution in [2.24, 2.45) is 5.92 Å². The molecule has 1 heterocycles. The zero-order chi connectivity index (χ0) is 15.9. The van der Waals surface area contributed by atoms with Crippen LogP contribution in [0.2, 0.25) is 0 Å². The molecule has 0 aliphatic rings. The molecular formula is C13H24N2O4S2. The molecular weight excluding hydrogens is 312 g/mol. The average Bonchev–Trinajstić information content (AvgIpc) is 2.87. The van der Waals surface area contributed by atoms with Crippen LogP contribution in [0.15, 0.2) is 21.6 Å². The number of hydrogen-bond donors (Lipinski definition) is 2. The van der Waals surface area contributed by atoms with E-state index in [1.54, 1.807) is 13.0 Å². The lowest BCUT2D eigenvalue weighted by atomic mass is 10.2. The summed E-state index contributed by atoms with van der Waals surface area (Å²) in [5.41, 5.74) is 0. The van der Waals surface area contributed by atoms with Gasteiger partial charge in [0.25, 0.3) is 10.0 Å². The monoisotopic (exact) mass is 336 g/mol. The van der Waals surface area contributed by atoms with Crippen LogP contribution in [0, 0.1) is 5.92 Å². The molecule has 2 N–H and O–H groups in total. The van der Waals surface area contributed by atoms with Crippen LogP contribution < -0.4 is 10.0 Å². The Morgan fingerprint density at radius 2 is 2.05 bits per heavy atom. The highest BCUT2D eigenvalue weighted by Gasteiger charge is 2.18. The summed E-state index contributed by atoms with van der Waals surface area (Å²) < 4.78 is 42.9. The minimum absolute atomic E-state index is 0.105. The van der Waals surface area contributed by atoms with Crippen molar-refractivity contribution in [3.05, 3.63) is 17.9 Å². The molecule has 6 nitrogen and oxygen atoms in total. The highest BCUT2D eigenvalue weighted by atomic mass is 32.2. The van der Waals surface area contributed by atoms with Crippen LogP contribution in [-0.4, -0.2) is 37.2 Å². The predicted molar refractivity (Wildman–Crippen MR) is 84.0 cm³/mol. The Labute approximate surface area is 129 Å². The Bertz CT molecular complexity index is 552. The van der Waals surface area contributed by atoms with Gasteiger partial charge in [-0.2, -0.15) is 0 Å². The van der Waals surface area contributed by atoms with Crippen molar-refractivity contribution >= 4 is 20.8 Å². The van der Waals surface area contributed by atoms with Crippen molar-refractivity contribution in [3.8, 4) is 0 Å². The van der Waals surface area contributed by atoms with E-state index in [1.165, 1.54) is 6.07 Å². The maximum absolute atomic E-state index is 12.0. The fraction of sp³-hybridized carbons (Fsp3) is 0.692. The molecule has 0 spiro atoms. The van der Waals surface area contributed by atoms with Gasteiger partial charge in [-0.05, 0) is 24.6 Å². The lowest BCUT2D eigenvalue weighted by molar-refractivity contribution is 0.395. The lowest BCUT2D eigenvalue weighted by Crippen LogP contribution is -2.28. The normalized spacial score (nSPS) is 13.7. The minimum atomic E-state index is -3.66. The van der Waals surface area contributed by atoms with Crippen LogP contribution in [0.5, 0.6) is 0 Å². The summed E-state index contributed by atoms with van der Waals surface area (Å²) in [6.45, 7) is 7.46. The first-order valence-electron chi connectivity index (χ1n) is 6.99. The van der Waals surface area contributed by atoms with Gasteiger partial charge in [-0.15, -0.1) is 0 Å². The summed E-state index contributed by atoms with van der Waals surface area (Å²) in [7, 11) is -4.65. The molecule has 1 rings (SSSR count). The Kier molecular flexibility index (Phi) is 7.58. The number of furan rings is 1. The molecule has 0 aliphatic carbocycles. The predicted octanol–water partition coefficient (Wildman–Crippen LogP) is 1.07. The van der Waals surface area contributed by atoms with E-state index < -0.39 is 20.8 Å². The van der Waals surface area contributed by atoms with Crippen molar-refractivity contribution < 1.29 is 17.0 Å². The Hall–Kier alpha value is -0.700. The van der Waals surface area contributed by atoms with E-state index in [2.05, 4.69) is 23.9 Å². The first-order chi connectivity index (χ1) is 9.85. The third-order valence-corrected chi connectivity index (χ3v) is 5.33. The highest BCUT2D eigenvalue weighted by Crippen LogP contribution is 2.13. The van der Waals surface area contributed by atoms with Gasteiger partial charge in [0.05, 0.1) is 6.54 Å². The van der Waals surface area contributed by atoms with Gasteiger partial charge in [0, 0.05) is 28.9 Å². The van der Waals surface area contributed by atoms with E-state index in [0.29, 0.717) is 29.7 Å².